The fraction of sp³-hybridized carbons (Fsp3) is 0.190. The first-order valence-electron chi connectivity index (χ1n) is 16.0. The maximum absolute atomic E-state index is 2.47. The Morgan fingerprint density at radius 1 is 0.404 bits per heavy atom. The summed E-state index contributed by atoms with van der Waals surface area (Å²) in [6.07, 6.45) is 0. The Morgan fingerprint density at radius 3 is 0.830 bits per heavy atom. The zero-order valence-corrected chi connectivity index (χ0v) is 35.5. The van der Waals surface area contributed by atoms with Gasteiger partial charge in [-0.3, -0.25) is 0 Å². The van der Waals surface area contributed by atoms with Crippen LogP contribution in [0.1, 0.15) is 50.7 Å². The Morgan fingerprint density at radius 2 is 0.638 bits per heavy atom. The number of rotatable bonds is 8. The molecule has 6 aromatic carbocycles. The van der Waals surface area contributed by atoms with Crippen LogP contribution in [0.5, 0.6) is 0 Å². The Kier molecular flexibility index (Phi) is 15.8. The third-order valence-electron chi connectivity index (χ3n) is 9.45. The molecule has 0 saturated carbocycles. The summed E-state index contributed by atoms with van der Waals surface area (Å²) < 4.78 is 0. The molecule has 6 rings (SSSR count). The largest absolute Gasteiger partial charge is 4.00 e. The van der Waals surface area contributed by atoms with Crippen LogP contribution < -0.4 is 55.9 Å². The molecule has 5 heteroatoms. The van der Waals surface area contributed by atoms with E-state index >= 15 is 0 Å². The van der Waals surface area contributed by atoms with Gasteiger partial charge in [-0.15, -0.1) is 0 Å². The molecule has 0 heterocycles. The van der Waals surface area contributed by atoms with Gasteiger partial charge in [-0.2, -0.15) is 45.8 Å². The molecular formula is C42H46Cl2HfSi2. The van der Waals surface area contributed by atoms with Crippen LogP contribution in [0.3, 0.4) is 0 Å². The molecule has 0 amide bonds. The molecule has 47 heavy (non-hydrogen) atoms. The Bertz CT molecular complexity index is 1520. The van der Waals surface area contributed by atoms with E-state index < -0.39 is 16.1 Å². The summed E-state index contributed by atoms with van der Waals surface area (Å²) in [5, 5.41) is 8.91. The van der Waals surface area contributed by atoms with Crippen molar-refractivity contribution >= 4 is 47.3 Å². The first-order valence-corrected chi connectivity index (χ1v) is 21.0. The van der Waals surface area contributed by atoms with Gasteiger partial charge in [0.15, 0.2) is 0 Å². The zero-order chi connectivity index (χ0) is 31.2. The van der Waals surface area contributed by atoms with Gasteiger partial charge in [0.1, 0.15) is 0 Å². The van der Waals surface area contributed by atoms with E-state index in [1.807, 2.05) is 0 Å². The van der Waals surface area contributed by atoms with Crippen molar-refractivity contribution in [2.24, 2.45) is 0 Å². The monoisotopic (exact) mass is 856 g/mol. The predicted octanol–water partition coefficient (Wildman–Crippen LogP) is 1.26. The van der Waals surface area contributed by atoms with Crippen molar-refractivity contribution in [3.05, 3.63) is 169 Å². The van der Waals surface area contributed by atoms with Crippen molar-refractivity contribution in [1.82, 2.24) is 0 Å². The molecule has 0 bridgehead atoms. The molecule has 0 aliphatic rings. The minimum atomic E-state index is -1.90. The minimum Gasteiger partial charge on any atom is -1.00 e. The van der Waals surface area contributed by atoms with Crippen LogP contribution in [0, 0.1) is 0 Å². The number of hydrogen-bond donors (Lipinski definition) is 0. The molecule has 0 aliphatic heterocycles. The number of benzene rings is 4. The van der Waals surface area contributed by atoms with Crippen LogP contribution in [-0.2, 0) is 25.8 Å². The third-order valence-corrected chi connectivity index (χ3v) is 18.3. The number of halogens is 2. The van der Waals surface area contributed by atoms with Gasteiger partial charge in [0, 0.05) is 0 Å². The quantitative estimate of drug-likeness (QED) is 0.160. The average Bonchev–Trinajstić information content (AvgIpc) is 3.78. The summed E-state index contributed by atoms with van der Waals surface area (Å²) >= 11 is 0. The molecule has 0 radical (unpaired) electrons. The van der Waals surface area contributed by atoms with Gasteiger partial charge in [0.2, 0.25) is 0 Å². The van der Waals surface area contributed by atoms with Gasteiger partial charge in [0.25, 0.3) is 0 Å². The van der Waals surface area contributed by atoms with Crippen LogP contribution in [0.2, 0.25) is 13.1 Å². The summed E-state index contributed by atoms with van der Waals surface area (Å²) in [7, 11) is -3.81. The van der Waals surface area contributed by atoms with Gasteiger partial charge in [-0.1, -0.05) is 183 Å². The van der Waals surface area contributed by atoms with Crippen LogP contribution in [-0.4, -0.2) is 16.1 Å². The zero-order valence-electron chi connectivity index (χ0n) is 28.4. The minimum absolute atomic E-state index is 0. The Hall–Kier alpha value is -2.54. The van der Waals surface area contributed by atoms with E-state index in [0.29, 0.717) is 11.8 Å². The summed E-state index contributed by atoms with van der Waals surface area (Å²) in [5.74, 6) is 1.16. The maximum atomic E-state index is 2.47. The van der Waals surface area contributed by atoms with Gasteiger partial charge in [-0.25, -0.2) is 12.1 Å². The summed E-state index contributed by atoms with van der Waals surface area (Å²) in [4.78, 5) is 0. The van der Waals surface area contributed by atoms with Crippen LogP contribution in [0.4, 0.5) is 0 Å². The summed E-state index contributed by atoms with van der Waals surface area (Å²) in [5.41, 5.74) is 2.89. The summed E-state index contributed by atoms with van der Waals surface area (Å²) in [6.45, 7) is 14.0. The molecule has 0 aliphatic carbocycles. The van der Waals surface area contributed by atoms with Gasteiger partial charge < -0.3 is 24.8 Å². The van der Waals surface area contributed by atoms with Crippen molar-refractivity contribution in [3.63, 3.8) is 0 Å². The second-order valence-electron chi connectivity index (χ2n) is 12.9. The molecule has 0 aromatic heterocycles. The standard InChI is InChI=1S/2C21H23Si.2ClH.Hf/c2*1-17(2)18-14-15-21(16-18)22(3,19-10-6-4-7-11-19)20-12-8-5-9-13-20;;;/h2*4-17H,1-3H3;2*1H;/q2*-1;;;+4/p-2. The molecule has 0 N–H and O–H groups in total. The van der Waals surface area contributed by atoms with Crippen molar-refractivity contribution in [2.45, 2.75) is 52.6 Å². The van der Waals surface area contributed by atoms with E-state index in [4.69, 9.17) is 0 Å². The van der Waals surface area contributed by atoms with Gasteiger partial charge in [-0.05, 0) is 11.8 Å². The SMILES string of the molecule is CC(C)c1cc([Si](C)(c2ccccc2)c2ccccc2)c[cH-]1.CC(C)c1cc([Si](C)(c2ccccc2)c2ccccc2)c[cH-]1.[Cl-].[Cl-].[Hf+4]. The molecule has 6 aromatic rings. The third kappa shape index (κ3) is 8.93. The number of hydrogen-bond acceptors (Lipinski definition) is 0. The van der Waals surface area contributed by atoms with Crippen molar-refractivity contribution in [1.29, 1.82) is 0 Å². The molecule has 0 spiro atoms. The summed E-state index contributed by atoms with van der Waals surface area (Å²) in [6, 6.07) is 58.2. The maximum Gasteiger partial charge on any atom is 4.00 e. The Balaban J connectivity index is 0.000000307. The topological polar surface area (TPSA) is 0 Å². The smallest absolute Gasteiger partial charge is 1.00 e. The normalized spacial score (nSPS) is 11.1. The molecule has 0 unspecified atom stereocenters. The van der Waals surface area contributed by atoms with E-state index in [1.165, 1.54) is 42.2 Å². The predicted molar refractivity (Wildman–Crippen MR) is 199 cm³/mol. The second kappa shape index (κ2) is 18.3. The van der Waals surface area contributed by atoms with E-state index in [2.05, 4.69) is 199 Å². The van der Waals surface area contributed by atoms with E-state index in [-0.39, 0.29) is 50.7 Å². The second-order valence-corrected chi connectivity index (χ2v) is 20.9. The van der Waals surface area contributed by atoms with Crippen LogP contribution >= 0.6 is 0 Å². The molecule has 0 atom stereocenters. The van der Waals surface area contributed by atoms with E-state index in [9.17, 15) is 0 Å². The average molecular weight is 856 g/mol. The fourth-order valence-corrected chi connectivity index (χ4v) is 13.5. The van der Waals surface area contributed by atoms with Crippen molar-refractivity contribution in [2.75, 3.05) is 0 Å². The van der Waals surface area contributed by atoms with Crippen LogP contribution in [0.25, 0.3) is 0 Å². The van der Waals surface area contributed by atoms with Gasteiger partial charge in [0.05, 0.1) is 16.1 Å². The molecule has 240 valence electrons. The molecule has 0 saturated heterocycles. The van der Waals surface area contributed by atoms with E-state index in [1.54, 1.807) is 0 Å². The fourth-order valence-electron chi connectivity index (χ4n) is 6.35. The first kappa shape index (κ1) is 40.6. The van der Waals surface area contributed by atoms with E-state index in [0.717, 1.165) is 0 Å². The molecule has 0 fully saturated rings. The van der Waals surface area contributed by atoms with Crippen molar-refractivity contribution < 1.29 is 50.7 Å². The first-order chi connectivity index (χ1) is 21.2. The molecular weight excluding hydrogens is 810 g/mol. The van der Waals surface area contributed by atoms with Crippen molar-refractivity contribution in [3.8, 4) is 0 Å². The molecule has 0 nitrogen and oxygen atoms in total. The van der Waals surface area contributed by atoms with Crippen LogP contribution in [0.15, 0.2) is 158 Å². The van der Waals surface area contributed by atoms with Gasteiger partial charge >= 0.3 is 25.8 Å². The Labute approximate surface area is 317 Å².